The van der Waals surface area contributed by atoms with Crippen molar-refractivity contribution < 1.29 is 14.4 Å². The van der Waals surface area contributed by atoms with Crippen LogP contribution in [0, 0.1) is 13.8 Å². The number of aromatic nitrogens is 1. The van der Waals surface area contributed by atoms with Gasteiger partial charge in [0.1, 0.15) is 11.9 Å². The molecule has 1 saturated heterocycles. The highest BCUT2D eigenvalue weighted by atomic mass is 16.2. The number of carbonyl (C=O) groups excluding carboxylic acids is 3. The topological polar surface area (TPSA) is 94.6 Å². The molecule has 1 aliphatic heterocycles. The zero-order valence-electron chi connectivity index (χ0n) is 21.3. The van der Waals surface area contributed by atoms with Crippen molar-refractivity contribution in [2.75, 3.05) is 37.6 Å². The SMILES string of the molecule is C=CC(=O)NCCCCC(NC(=O)Cc1ccc(C)cc1)C(=O)N1CCN(c2cccc(C)n2)CC1. The summed E-state index contributed by atoms with van der Waals surface area (Å²) in [6.07, 6.45) is 3.40. The van der Waals surface area contributed by atoms with Crippen LogP contribution in [0.2, 0.25) is 0 Å². The third-order valence-electron chi connectivity index (χ3n) is 6.31. The van der Waals surface area contributed by atoms with Crippen molar-refractivity contribution in [3.63, 3.8) is 0 Å². The van der Waals surface area contributed by atoms with E-state index in [-0.39, 0.29) is 24.1 Å². The Balaban J connectivity index is 1.58. The average molecular weight is 492 g/mol. The van der Waals surface area contributed by atoms with E-state index in [0.29, 0.717) is 52.0 Å². The van der Waals surface area contributed by atoms with E-state index in [1.807, 2.05) is 61.2 Å². The van der Waals surface area contributed by atoms with Gasteiger partial charge in [0, 0.05) is 38.4 Å². The lowest BCUT2D eigenvalue weighted by molar-refractivity contribution is -0.136. The molecule has 0 bridgehead atoms. The highest BCUT2D eigenvalue weighted by Crippen LogP contribution is 2.16. The quantitative estimate of drug-likeness (QED) is 0.372. The maximum absolute atomic E-state index is 13.4. The Bertz CT molecular complexity index is 1050. The second-order valence-electron chi connectivity index (χ2n) is 9.22. The minimum absolute atomic E-state index is 0.0563. The first-order valence-corrected chi connectivity index (χ1v) is 12.6. The van der Waals surface area contributed by atoms with Gasteiger partial charge in [-0.2, -0.15) is 0 Å². The molecule has 1 aromatic heterocycles. The van der Waals surface area contributed by atoms with Crippen molar-refractivity contribution >= 4 is 23.5 Å². The van der Waals surface area contributed by atoms with Crippen LogP contribution in [0.3, 0.4) is 0 Å². The van der Waals surface area contributed by atoms with Gasteiger partial charge >= 0.3 is 0 Å². The van der Waals surface area contributed by atoms with Gasteiger partial charge in [0.25, 0.3) is 0 Å². The number of pyridine rings is 1. The van der Waals surface area contributed by atoms with Crippen molar-refractivity contribution in [3.8, 4) is 0 Å². The van der Waals surface area contributed by atoms with Crippen LogP contribution in [0.4, 0.5) is 5.82 Å². The standard InChI is InChI=1S/C28H37N5O3/c1-4-26(34)29-15-6-5-9-24(31-27(35)20-23-13-11-21(2)12-14-23)28(36)33-18-16-32(17-19-33)25-10-7-8-22(3)30-25/h4,7-8,10-14,24H,1,5-6,9,15-20H2,2-3H3,(H,29,34)(H,31,35). The molecular weight excluding hydrogens is 454 g/mol. The van der Waals surface area contributed by atoms with E-state index in [4.69, 9.17) is 0 Å². The Kier molecular flexibility index (Phi) is 10.0. The van der Waals surface area contributed by atoms with Gasteiger partial charge in [0.15, 0.2) is 0 Å². The summed E-state index contributed by atoms with van der Waals surface area (Å²) >= 11 is 0. The maximum atomic E-state index is 13.4. The van der Waals surface area contributed by atoms with Gasteiger partial charge in [-0.25, -0.2) is 4.98 Å². The highest BCUT2D eigenvalue weighted by molar-refractivity contribution is 5.88. The van der Waals surface area contributed by atoms with Gasteiger partial charge in [-0.3, -0.25) is 14.4 Å². The number of carbonyl (C=O) groups is 3. The van der Waals surface area contributed by atoms with Crippen molar-refractivity contribution in [1.82, 2.24) is 20.5 Å². The maximum Gasteiger partial charge on any atom is 0.245 e. The van der Waals surface area contributed by atoms with E-state index < -0.39 is 6.04 Å². The van der Waals surface area contributed by atoms with Crippen LogP contribution in [-0.2, 0) is 20.8 Å². The summed E-state index contributed by atoms with van der Waals surface area (Å²) in [5, 5.41) is 5.73. The van der Waals surface area contributed by atoms with Crippen molar-refractivity contribution in [2.45, 2.75) is 45.6 Å². The molecule has 36 heavy (non-hydrogen) atoms. The molecule has 2 heterocycles. The molecule has 1 aromatic carbocycles. The number of nitrogens with one attached hydrogen (secondary N) is 2. The minimum atomic E-state index is -0.596. The predicted molar refractivity (Wildman–Crippen MR) is 142 cm³/mol. The molecule has 0 spiro atoms. The Morgan fingerprint density at radius 1 is 1.03 bits per heavy atom. The van der Waals surface area contributed by atoms with E-state index in [0.717, 1.165) is 22.6 Å². The summed E-state index contributed by atoms with van der Waals surface area (Å²) in [5.74, 6) is 0.487. The molecule has 0 radical (unpaired) electrons. The number of benzene rings is 1. The van der Waals surface area contributed by atoms with Crippen molar-refractivity contribution in [3.05, 3.63) is 71.9 Å². The first kappa shape index (κ1) is 26.9. The van der Waals surface area contributed by atoms with Gasteiger partial charge in [-0.15, -0.1) is 0 Å². The molecule has 1 atom stereocenters. The van der Waals surface area contributed by atoms with Crippen LogP contribution in [0.5, 0.6) is 0 Å². The van der Waals surface area contributed by atoms with Crippen LogP contribution < -0.4 is 15.5 Å². The summed E-state index contributed by atoms with van der Waals surface area (Å²) in [7, 11) is 0. The minimum Gasteiger partial charge on any atom is -0.353 e. The summed E-state index contributed by atoms with van der Waals surface area (Å²) in [5.41, 5.74) is 3.01. The third-order valence-corrected chi connectivity index (χ3v) is 6.31. The molecular formula is C28H37N5O3. The molecule has 0 saturated carbocycles. The fourth-order valence-electron chi connectivity index (χ4n) is 4.23. The number of piperazine rings is 1. The largest absolute Gasteiger partial charge is 0.353 e. The number of anilines is 1. The molecule has 3 amide bonds. The number of amides is 3. The zero-order chi connectivity index (χ0) is 25.9. The molecule has 1 fully saturated rings. The summed E-state index contributed by atoms with van der Waals surface area (Å²) in [6.45, 7) is 10.5. The molecule has 192 valence electrons. The lowest BCUT2D eigenvalue weighted by Crippen LogP contribution is -2.55. The van der Waals surface area contributed by atoms with Crippen molar-refractivity contribution in [1.29, 1.82) is 0 Å². The van der Waals surface area contributed by atoms with E-state index >= 15 is 0 Å². The molecule has 3 rings (SSSR count). The highest BCUT2D eigenvalue weighted by Gasteiger charge is 2.28. The smallest absolute Gasteiger partial charge is 0.245 e. The molecule has 8 nitrogen and oxygen atoms in total. The van der Waals surface area contributed by atoms with Crippen molar-refractivity contribution in [2.24, 2.45) is 0 Å². The van der Waals surface area contributed by atoms with Crippen LogP contribution in [-0.4, -0.2) is 66.4 Å². The molecule has 1 unspecified atom stereocenters. The summed E-state index contributed by atoms with van der Waals surface area (Å²) in [4.78, 5) is 46.2. The number of hydrogen-bond donors (Lipinski definition) is 2. The fourth-order valence-corrected chi connectivity index (χ4v) is 4.23. The fraction of sp³-hybridized carbons (Fsp3) is 0.429. The van der Waals surface area contributed by atoms with E-state index in [1.165, 1.54) is 6.08 Å². The number of hydrogen-bond acceptors (Lipinski definition) is 5. The third kappa shape index (κ3) is 8.22. The Labute approximate surface area is 213 Å². The number of nitrogens with zero attached hydrogens (tertiary/aromatic N) is 3. The van der Waals surface area contributed by atoms with Gasteiger partial charge in [-0.1, -0.05) is 42.5 Å². The lowest BCUT2D eigenvalue weighted by atomic mass is 10.1. The Morgan fingerprint density at radius 3 is 2.42 bits per heavy atom. The normalized spacial score (nSPS) is 14.2. The van der Waals surface area contributed by atoms with E-state index in [1.54, 1.807) is 0 Å². The molecule has 8 heteroatoms. The van der Waals surface area contributed by atoms with Crippen LogP contribution in [0.25, 0.3) is 0 Å². The van der Waals surface area contributed by atoms with Gasteiger partial charge < -0.3 is 20.4 Å². The van der Waals surface area contributed by atoms with Gasteiger partial charge in [-0.05, 0) is 56.9 Å². The summed E-state index contributed by atoms with van der Waals surface area (Å²) in [6, 6.07) is 13.2. The number of rotatable bonds is 11. The van der Waals surface area contributed by atoms with Crippen LogP contribution in [0.1, 0.15) is 36.1 Å². The molecule has 2 N–H and O–H groups in total. The van der Waals surface area contributed by atoms with Crippen LogP contribution in [0.15, 0.2) is 55.1 Å². The first-order valence-electron chi connectivity index (χ1n) is 12.6. The summed E-state index contributed by atoms with van der Waals surface area (Å²) < 4.78 is 0. The number of aryl methyl sites for hydroxylation is 2. The Morgan fingerprint density at radius 2 is 1.75 bits per heavy atom. The first-order chi connectivity index (χ1) is 17.4. The van der Waals surface area contributed by atoms with Crippen LogP contribution >= 0.6 is 0 Å². The van der Waals surface area contributed by atoms with Gasteiger partial charge in [0.2, 0.25) is 17.7 Å². The van der Waals surface area contributed by atoms with Gasteiger partial charge in [0.05, 0.1) is 6.42 Å². The second kappa shape index (κ2) is 13.4. The molecule has 1 aliphatic rings. The molecule has 0 aliphatic carbocycles. The van der Waals surface area contributed by atoms with E-state index in [9.17, 15) is 14.4 Å². The molecule has 2 aromatic rings. The second-order valence-corrected chi connectivity index (χ2v) is 9.22. The Hall–Kier alpha value is -3.68. The van der Waals surface area contributed by atoms with E-state index in [2.05, 4.69) is 27.1 Å². The monoisotopic (exact) mass is 491 g/mol. The number of unbranched alkanes of at least 4 members (excludes halogenated alkanes) is 1. The lowest BCUT2D eigenvalue weighted by Gasteiger charge is -2.37. The zero-order valence-corrected chi connectivity index (χ0v) is 21.3. The predicted octanol–water partition coefficient (Wildman–Crippen LogP) is 2.55. The average Bonchev–Trinajstić information content (AvgIpc) is 2.88.